The highest BCUT2D eigenvalue weighted by molar-refractivity contribution is 9.11. The smallest absolute Gasteiger partial charge is 0.280 e. The van der Waals surface area contributed by atoms with Crippen molar-refractivity contribution >= 4 is 37.6 Å². The van der Waals surface area contributed by atoms with Crippen molar-refractivity contribution in [1.29, 1.82) is 0 Å². The molecule has 7 heteroatoms. The van der Waals surface area contributed by atoms with E-state index < -0.39 is 0 Å². The van der Waals surface area contributed by atoms with Crippen LogP contribution in [0.5, 0.6) is 0 Å². The van der Waals surface area contributed by atoms with Gasteiger partial charge >= 0.3 is 0 Å². The fraction of sp³-hybridized carbons (Fsp3) is 0.211. The highest BCUT2D eigenvalue weighted by Gasteiger charge is 2.16. The van der Waals surface area contributed by atoms with Crippen LogP contribution < -0.4 is 5.56 Å². The standard InChI is InChI=1S/C19H18Br2N4O/c1-12(22-10-8-15-5-3-4-9-23-15)18-13(2)24-25(19(18)26)17-7-6-14(20)11-16(17)21/h3-7,9,11,24H,8,10H2,1-2H3. The number of aromatic nitrogens is 3. The summed E-state index contributed by atoms with van der Waals surface area (Å²) in [6.07, 6.45) is 2.52. The Kier molecular flexibility index (Phi) is 5.88. The zero-order valence-electron chi connectivity index (χ0n) is 14.5. The highest BCUT2D eigenvalue weighted by atomic mass is 79.9. The lowest BCUT2D eigenvalue weighted by Gasteiger charge is -2.05. The van der Waals surface area contributed by atoms with Crippen LogP contribution in [-0.4, -0.2) is 27.0 Å². The van der Waals surface area contributed by atoms with Crippen molar-refractivity contribution in [2.45, 2.75) is 20.3 Å². The maximum Gasteiger partial charge on any atom is 0.280 e. The van der Waals surface area contributed by atoms with E-state index in [2.05, 4.69) is 46.9 Å². The second kappa shape index (κ2) is 8.14. The Labute approximate surface area is 168 Å². The molecule has 0 unspecified atom stereocenters. The van der Waals surface area contributed by atoms with Crippen molar-refractivity contribution < 1.29 is 0 Å². The summed E-state index contributed by atoms with van der Waals surface area (Å²) in [5.41, 5.74) is 3.78. The predicted molar refractivity (Wildman–Crippen MR) is 112 cm³/mol. The van der Waals surface area contributed by atoms with Crippen molar-refractivity contribution in [3.63, 3.8) is 0 Å². The molecule has 1 N–H and O–H groups in total. The van der Waals surface area contributed by atoms with E-state index in [9.17, 15) is 4.79 Å². The average molecular weight is 478 g/mol. The number of hydrogen-bond acceptors (Lipinski definition) is 3. The first-order chi connectivity index (χ1) is 12.5. The van der Waals surface area contributed by atoms with Crippen molar-refractivity contribution in [3.05, 3.63) is 78.8 Å². The summed E-state index contributed by atoms with van der Waals surface area (Å²) in [4.78, 5) is 21.8. The molecule has 0 aliphatic heterocycles. The molecule has 1 aromatic carbocycles. The molecule has 0 saturated carbocycles. The van der Waals surface area contributed by atoms with Gasteiger partial charge in [0.15, 0.2) is 0 Å². The molecule has 0 saturated heterocycles. The molecule has 0 radical (unpaired) electrons. The van der Waals surface area contributed by atoms with Crippen LogP contribution in [-0.2, 0) is 6.42 Å². The van der Waals surface area contributed by atoms with Crippen LogP contribution in [0.1, 0.15) is 23.9 Å². The fourth-order valence-electron chi connectivity index (χ4n) is 2.77. The number of halogens is 2. The Hall–Kier alpha value is -1.99. The molecule has 3 aromatic rings. The zero-order valence-corrected chi connectivity index (χ0v) is 17.6. The van der Waals surface area contributed by atoms with Gasteiger partial charge in [-0.1, -0.05) is 22.0 Å². The number of nitrogens with one attached hydrogen (secondary N) is 1. The molecule has 5 nitrogen and oxygen atoms in total. The topological polar surface area (TPSA) is 63.0 Å². The summed E-state index contributed by atoms with van der Waals surface area (Å²) in [6, 6.07) is 11.5. The van der Waals surface area contributed by atoms with E-state index in [0.717, 1.165) is 38.2 Å². The second-order valence-corrected chi connectivity index (χ2v) is 7.66. The number of benzene rings is 1. The van der Waals surface area contributed by atoms with E-state index in [0.29, 0.717) is 12.1 Å². The van der Waals surface area contributed by atoms with Gasteiger partial charge < -0.3 is 0 Å². The number of rotatable bonds is 5. The molecule has 2 aromatic heterocycles. The molecule has 0 aliphatic carbocycles. The number of aromatic amines is 1. The zero-order chi connectivity index (χ0) is 18.7. The van der Waals surface area contributed by atoms with E-state index in [1.54, 1.807) is 10.9 Å². The molecule has 0 aliphatic rings. The van der Waals surface area contributed by atoms with Gasteiger partial charge in [0.1, 0.15) is 0 Å². The van der Waals surface area contributed by atoms with E-state index in [4.69, 9.17) is 0 Å². The molecular formula is C19H18Br2N4O. The molecule has 0 bridgehead atoms. The minimum absolute atomic E-state index is 0.107. The van der Waals surface area contributed by atoms with Crippen LogP contribution in [0, 0.1) is 6.92 Å². The number of aryl methyl sites for hydroxylation is 1. The number of hydrogen-bond donors (Lipinski definition) is 1. The SMILES string of the molecule is CC(=NCCc1ccccn1)c1c(C)[nH]n(-c2ccc(Br)cc2Br)c1=O. The van der Waals surface area contributed by atoms with E-state index in [1.165, 1.54) is 0 Å². The minimum atomic E-state index is -0.107. The molecule has 0 atom stereocenters. The van der Waals surface area contributed by atoms with Crippen LogP contribution in [0.3, 0.4) is 0 Å². The van der Waals surface area contributed by atoms with E-state index in [1.807, 2.05) is 50.2 Å². The predicted octanol–water partition coefficient (Wildman–Crippen LogP) is 4.45. The monoisotopic (exact) mass is 476 g/mol. The lowest BCUT2D eigenvalue weighted by molar-refractivity contribution is 0.831. The Morgan fingerprint density at radius 3 is 2.77 bits per heavy atom. The van der Waals surface area contributed by atoms with E-state index in [-0.39, 0.29) is 5.56 Å². The molecule has 0 fully saturated rings. The lowest BCUT2D eigenvalue weighted by Crippen LogP contribution is -2.20. The first kappa shape index (κ1) is 18.8. The summed E-state index contributed by atoms with van der Waals surface area (Å²) < 4.78 is 3.31. The van der Waals surface area contributed by atoms with Crippen LogP contribution in [0.25, 0.3) is 5.69 Å². The summed E-state index contributed by atoms with van der Waals surface area (Å²) in [5.74, 6) is 0. The van der Waals surface area contributed by atoms with Crippen molar-refractivity contribution in [2.75, 3.05) is 6.54 Å². The Balaban J connectivity index is 1.87. The normalized spacial score (nSPS) is 11.8. The van der Waals surface area contributed by atoms with Gasteiger partial charge in [-0.05, 0) is 60.1 Å². The van der Waals surface area contributed by atoms with Gasteiger partial charge in [-0.3, -0.25) is 19.9 Å². The molecule has 0 amide bonds. The van der Waals surface area contributed by atoms with Gasteiger partial charge in [-0.15, -0.1) is 0 Å². The highest BCUT2D eigenvalue weighted by Crippen LogP contribution is 2.24. The van der Waals surface area contributed by atoms with Crippen LogP contribution in [0.4, 0.5) is 0 Å². The molecular weight excluding hydrogens is 460 g/mol. The Morgan fingerprint density at radius 1 is 1.27 bits per heavy atom. The maximum atomic E-state index is 12.9. The number of nitrogens with zero attached hydrogens (tertiary/aromatic N) is 3. The Morgan fingerprint density at radius 2 is 2.08 bits per heavy atom. The molecule has 134 valence electrons. The largest absolute Gasteiger partial charge is 0.295 e. The number of H-pyrrole nitrogens is 1. The molecule has 3 rings (SSSR count). The van der Waals surface area contributed by atoms with Gasteiger partial charge in [-0.2, -0.15) is 0 Å². The van der Waals surface area contributed by atoms with Gasteiger partial charge in [-0.25, -0.2) is 4.68 Å². The first-order valence-corrected chi connectivity index (χ1v) is 9.74. The number of aliphatic imine (C=N–C) groups is 1. The third kappa shape index (κ3) is 4.04. The van der Waals surface area contributed by atoms with Gasteiger partial charge in [0.25, 0.3) is 5.56 Å². The van der Waals surface area contributed by atoms with Gasteiger partial charge in [0, 0.05) is 45.2 Å². The maximum absolute atomic E-state index is 12.9. The summed E-state index contributed by atoms with van der Waals surface area (Å²) >= 11 is 6.94. The third-order valence-electron chi connectivity index (χ3n) is 4.03. The summed E-state index contributed by atoms with van der Waals surface area (Å²) in [5, 5.41) is 3.14. The van der Waals surface area contributed by atoms with Gasteiger partial charge in [0.2, 0.25) is 0 Å². The number of pyridine rings is 1. The summed E-state index contributed by atoms with van der Waals surface area (Å²) in [7, 11) is 0. The molecule has 0 spiro atoms. The lowest BCUT2D eigenvalue weighted by atomic mass is 10.1. The van der Waals surface area contributed by atoms with Crippen LogP contribution in [0.2, 0.25) is 0 Å². The molecule has 2 heterocycles. The quantitative estimate of drug-likeness (QED) is 0.552. The van der Waals surface area contributed by atoms with Crippen molar-refractivity contribution in [2.24, 2.45) is 4.99 Å². The minimum Gasteiger partial charge on any atom is -0.295 e. The average Bonchev–Trinajstić information content (AvgIpc) is 2.90. The second-order valence-electron chi connectivity index (χ2n) is 5.89. The van der Waals surface area contributed by atoms with Crippen molar-refractivity contribution in [1.82, 2.24) is 14.8 Å². The van der Waals surface area contributed by atoms with Crippen LogP contribution >= 0.6 is 31.9 Å². The Bertz CT molecular complexity index is 1010. The third-order valence-corrected chi connectivity index (χ3v) is 5.16. The first-order valence-electron chi connectivity index (χ1n) is 8.15. The summed E-state index contributed by atoms with van der Waals surface area (Å²) in [6.45, 7) is 4.35. The van der Waals surface area contributed by atoms with Gasteiger partial charge in [0.05, 0.1) is 11.3 Å². The fourth-order valence-corrected chi connectivity index (χ4v) is 3.99. The van der Waals surface area contributed by atoms with Crippen LogP contribution in [0.15, 0.2) is 61.3 Å². The van der Waals surface area contributed by atoms with E-state index >= 15 is 0 Å². The van der Waals surface area contributed by atoms with Crippen molar-refractivity contribution in [3.8, 4) is 5.69 Å². The molecule has 26 heavy (non-hydrogen) atoms.